The number of carbonyl (C=O) groups excluding carboxylic acids is 1. The summed E-state index contributed by atoms with van der Waals surface area (Å²) in [5, 5.41) is 7.59. The minimum absolute atomic E-state index is 0.295. The molecule has 0 atom stereocenters. The molecule has 0 bridgehead atoms. The van der Waals surface area contributed by atoms with Crippen LogP contribution in [0.3, 0.4) is 0 Å². The van der Waals surface area contributed by atoms with E-state index in [4.69, 9.17) is 15.6 Å². The second-order valence-electron chi connectivity index (χ2n) is 8.14. The minimum atomic E-state index is -4.28. The van der Waals surface area contributed by atoms with Crippen molar-refractivity contribution in [2.24, 2.45) is 5.73 Å². The van der Waals surface area contributed by atoms with Crippen molar-refractivity contribution >= 4 is 17.2 Å². The molecule has 4 aromatic rings. The number of rotatable bonds is 8. The van der Waals surface area contributed by atoms with Crippen LogP contribution in [0.4, 0.5) is 18.9 Å². The van der Waals surface area contributed by atoms with Gasteiger partial charge in [0.1, 0.15) is 5.75 Å². The van der Waals surface area contributed by atoms with Gasteiger partial charge < -0.3 is 15.8 Å². The number of halogens is 3. The van der Waals surface area contributed by atoms with Crippen LogP contribution in [0.5, 0.6) is 5.75 Å². The van der Waals surface area contributed by atoms with Crippen molar-refractivity contribution in [2.45, 2.75) is 25.9 Å². The summed E-state index contributed by atoms with van der Waals surface area (Å²) in [5.74, 6) is 0.169. The van der Waals surface area contributed by atoms with Crippen molar-refractivity contribution < 1.29 is 22.7 Å². The highest BCUT2D eigenvalue weighted by atomic mass is 19.4. The Balaban J connectivity index is 1.77. The first kappa shape index (κ1) is 24.1. The van der Waals surface area contributed by atoms with Gasteiger partial charge in [0.15, 0.2) is 5.65 Å². The van der Waals surface area contributed by atoms with E-state index in [2.05, 4.69) is 10.3 Å². The minimum Gasteiger partial charge on any atom is -0.497 e. The van der Waals surface area contributed by atoms with Crippen LogP contribution in [0.15, 0.2) is 54.7 Å². The van der Waals surface area contributed by atoms with E-state index in [0.29, 0.717) is 46.0 Å². The fraction of sp³-hybridized carbons (Fsp3) is 0.240. The number of amides is 1. The molecule has 0 fully saturated rings. The van der Waals surface area contributed by atoms with Gasteiger partial charge in [-0.05, 0) is 48.4 Å². The van der Waals surface area contributed by atoms with E-state index in [9.17, 15) is 18.0 Å². The average Bonchev–Trinajstić information content (AvgIpc) is 3.22. The molecule has 0 radical (unpaired) electrons. The summed E-state index contributed by atoms with van der Waals surface area (Å²) in [5.41, 5.74) is 10.3. The standard InChI is InChI=1S/C25H24F3N5O2/c1-15-10-17(6-7-20(15)23(29)34)22-14-31-24-21(30-9-8-25(26,27)28)13-18(32-33(22)24)11-16-4-3-5-19(12-16)35-2/h3-7,10,12-14,30H,8-9,11H2,1-2H3,(H2,29,34). The van der Waals surface area contributed by atoms with Crippen LogP contribution in [0.2, 0.25) is 0 Å². The number of imidazole rings is 1. The quantitative estimate of drug-likeness (QED) is 0.377. The summed E-state index contributed by atoms with van der Waals surface area (Å²) < 4.78 is 45.1. The van der Waals surface area contributed by atoms with Gasteiger partial charge in [0.25, 0.3) is 0 Å². The first-order valence-electron chi connectivity index (χ1n) is 10.9. The number of alkyl halides is 3. The molecule has 1 amide bonds. The zero-order valence-electron chi connectivity index (χ0n) is 19.2. The molecule has 0 aliphatic rings. The van der Waals surface area contributed by atoms with Gasteiger partial charge in [0.05, 0.1) is 36.8 Å². The van der Waals surface area contributed by atoms with Crippen molar-refractivity contribution in [1.29, 1.82) is 0 Å². The van der Waals surface area contributed by atoms with Gasteiger partial charge in [-0.15, -0.1) is 0 Å². The Morgan fingerprint density at radius 3 is 2.66 bits per heavy atom. The van der Waals surface area contributed by atoms with Crippen LogP contribution < -0.4 is 15.8 Å². The molecule has 0 unspecified atom stereocenters. The fourth-order valence-electron chi connectivity index (χ4n) is 3.86. The number of methoxy groups -OCH3 is 1. The van der Waals surface area contributed by atoms with Crippen molar-refractivity contribution in [3.05, 3.63) is 77.1 Å². The summed E-state index contributed by atoms with van der Waals surface area (Å²) in [6, 6.07) is 14.4. The number of anilines is 1. The number of carbonyl (C=O) groups is 1. The predicted molar refractivity (Wildman–Crippen MR) is 127 cm³/mol. The zero-order valence-corrected chi connectivity index (χ0v) is 19.2. The van der Waals surface area contributed by atoms with E-state index in [-0.39, 0.29) is 6.54 Å². The monoisotopic (exact) mass is 483 g/mol. The number of nitrogens with one attached hydrogen (secondary N) is 1. The maximum absolute atomic E-state index is 12.7. The van der Waals surface area contributed by atoms with Crippen molar-refractivity contribution in [2.75, 3.05) is 19.0 Å². The number of hydrogen-bond acceptors (Lipinski definition) is 5. The number of aryl methyl sites for hydroxylation is 1. The summed E-state index contributed by atoms with van der Waals surface area (Å²) in [6.07, 6.45) is -3.22. The number of ether oxygens (including phenoxy) is 1. The number of nitrogens with two attached hydrogens (primary N) is 1. The molecule has 0 saturated heterocycles. The Morgan fingerprint density at radius 2 is 1.97 bits per heavy atom. The second kappa shape index (κ2) is 9.65. The van der Waals surface area contributed by atoms with Gasteiger partial charge in [-0.2, -0.15) is 18.3 Å². The molecular weight excluding hydrogens is 459 g/mol. The highest BCUT2D eigenvalue weighted by Crippen LogP contribution is 2.28. The summed E-state index contributed by atoms with van der Waals surface area (Å²) in [6.45, 7) is 1.48. The lowest BCUT2D eigenvalue weighted by atomic mass is 10.0. The maximum Gasteiger partial charge on any atom is 0.390 e. The molecule has 2 heterocycles. The largest absolute Gasteiger partial charge is 0.497 e. The van der Waals surface area contributed by atoms with E-state index in [1.54, 1.807) is 49.0 Å². The van der Waals surface area contributed by atoms with Crippen molar-refractivity contribution in [1.82, 2.24) is 14.6 Å². The molecule has 4 rings (SSSR count). The number of hydrogen-bond donors (Lipinski definition) is 2. The Kier molecular flexibility index (Phi) is 6.63. The number of fused-ring (bicyclic) bond motifs is 1. The van der Waals surface area contributed by atoms with Crippen molar-refractivity contribution in [3.63, 3.8) is 0 Å². The van der Waals surface area contributed by atoms with Crippen molar-refractivity contribution in [3.8, 4) is 17.0 Å². The second-order valence-corrected chi connectivity index (χ2v) is 8.14. The molecule has 3 N–H and O–H groups in total. The molecule has 2 aromatic carbocycles. The molecule has 7 nitrogen and oxygen atoms in total. The SMILES string of the molecule is COc1cccc(Cc2cc(NCCC(F)(F)F)c3ncc(-c4ccc(C(N)=O)c(C)c4)n3n2)c1. The molecule has 0 spiro atoms. The molecule has 182 valence electrons. The summed E-state index contributed by atoms with van der Waals surface area (Å²) in [4.78, 5) is 16.0. The van der Waals surface area contributed by atoms with Crippen LogP contribution in [-0.2, 0) is 6.42 Å². The molecule has 10 heteroatoms. The topological polar surface area (TPSA) is 94.5 Å². The number of primary amides is 1. The lowest BCUT2D eigenvalue weighted by Crippen LogP contribution is -2.15. The highest BCUT2D eigenvalue weighted by molar-refractivity contribution is 5.94. The third-order valence-electron chi connectivity index (χ3n) is 5.55. The number of aromatic nitrogens is 3. The van der Waals surface area contributed by atoms with Gasteiger partial charge in [0.2, 0.25) is 5.91 Å². The average molecular weight is 483 g/mol. The molecule has 0 saturated carbocycles. The third-order valence-corrected chi connectivity index (χ3v) is 5.55. The zero-order chi connectivity index (χ0) is 25.2. The van der Waals surface area contributed by atoms with E-state index in [1.165, 1.54) is 0 Å². The Labute approximate surface area is 199 Å². The number of benzene rings is 2. The van der Waals surface area contributed by atoms with Gasteiger partial charge in [-0.1, -0.05) is 18.2 Å². The van der Waals surface area contributed by atoms with E-state index in [0.717, 1.165) is 11.1 Å². The molecule has 2 aromatic heterocycles. The first-order chi connectivity index (χ1) is 16.6. The smallest absolute Gasteiger partial charge is 0.390 e. The first-order valence-corrected chi connectivity index (χ1v) is 10.9. The van der Waals surface area contributed by atoms with Crippen LogP contribution in [-0.4, -0.2) is 40.3 Å². The van der Waals surface area contributed by atoms with Gasteiger partial charge in [0, 0.05) is 24.1 Å². The molecule has 35 heavy (non-hydrogen) atoms. The van der Waals surface area contributed by atoms with Crippen LogP contribution >= 0.6 is 0 Å². The number of nitrogens with zero attached hydrogens (tertiary/aromatic N) is 3. The van der Waals surface area contributed by atoms with E-state index < -0.39 is 18.5 Å². The Morgan fingerprint density at radius 1 is 1.17 bits per heavy atom. The highest BCUT2D eigenvalue weighted by Gasteiger charge is 2.26. The Bertz CT molecular complexity index is 1380. The van der Waals surface area contributed by atoms with E-state index in [1.807, 2.05) is 24.3 Å². The maximum atomic E-state index is 12.7. The normalized spacial score (nSPS) is 11.6. The summed E-state index contributed by atoms with van der Waals surface area (Å²) in [7, 11) is 1.58. The van der Waals surface area contributed by atoms with Crippen LogP contribution in [0.1, 0.15) is 33.6 Å². The lowest BCUT2D eigenvalue weighted by Gasteiger charge is -2.13. The van der Waals surface area contributed by atoms with Gasteiger partial charge >= 0.3 is 6.18 Å². The lowest BCUT2D eigenvalue weighted by molar-refractivity contribution is -0.131. The van der Waals surface area contributed by atoms with Crippen LogP contribution in [0, 0.1) is 6.92 Å². The van der Waals surface area contributed by atoms with Crippen LogP contribution in [0.25, 0.3) is 16.9 Å². The fourth-order valence-corrected chi connectivity index (χ4v) is 3.86. The molecular formula is C25H24F3N5O2. The van der Waals surface area contributed by atoms with Gasteiger partial charge in [-0.3, -0.25) is 4.79 Å². The molecule has 0 aliphatic carbocycles. The molecule has 0 aliphatic heterocycles. The summed E-state index contributed by atoms with van der Waals surface area (Å²) >= 11 is 0. The van der Waals surface area contributed by atoms with E-state index >= 15 is 0 Å². The third kappa shape index (κ3) is 5.53. The predicted octanol–water partition coefficient (Wildman–Crippen LogP) is 4.77. The Hall–Kier alpha value is -4.08. The van der Waals surface area contributed by atoms with Gasteiger partial charge in [-0.25, -0.2) is 9.50 Å².